The number of nitrogens with one attached hydrogen (secondary N) is 1. The maximum Gasteiger partial charge on any atom is 0.220 e. The van der Waals surface area contributed by atoms with Gasteiger partial charge in [-0.15, -0.1) is 0 Å². The summed E-state index contributed by atoms with van der Waals surface area (Å²) in [5.41, 5.74) is 0. The Morgan fingerprint density at radius 2 is 0.727 bits per heavy atom. The first kappa shape index (κ1) is 53.8. The van der Waals surface area contributed by atoms with Gasteiger partial charge in [0.25, 0.3) is 0 Å². The van der Waals surface area contributed by atoms with Crippen LogP contribution in [0.1, 0.15) is 264 Å². The van der Waals surface area contributed by atoms with Crippen LogP contribution in [-0.2, 0) is 4.79 Å². The summed E-state index contributed by atoms with van der Waals surface area (Å²) in [7, 11) is 0. The van der Waals surface area contributed by atoms with Gasteiger partial charge in [0.2, 0.25) is 5.91 Å². The minimum absolute atomic E-state index is 0.156. The van der Waals surface area contributed by atoms with Gasteiger partial charge in [0.15, 0.2) is 0 Å². The second-order valence-electron chi connectivity index (χ2n) is 17.0. The fraction of sp³-hybridized carbons (Fsp3) is 0.900. The van der Waals surface area contributed by atoms with E-state index in [9.17, 15) is 20.1 Å². The van der Waals surface area contributed by atoms with Crippen LogP contribution in [0.25, 0.3) is 0 Å². The Kier molecular flexibility index (Phi) is 44.6. The van der Waals surface area contributed by atoms with Crippen molar-refractivity contribution in [3.8, 4) is 0 Å². The standard InChI is InChI=1S/C50H97NO4/c1-3-5-7-9-11-13-15-17-19-21-23-24-25-27-29-31-33-35-37-39-41-43-45-49(54)51-47(46-52)50(55)48(53)44-42-40-38-36-34-32-30-28-26-22-20-18-16-14-12-10-8-6-4-2/h25,27,36,38,47-48,50,52-53,55H,3-24,26,28-35,37,39-46H2,1-2H3,(H,51,54)/b27-25-,38-36+. The van der Waals surface area contributed by atoms with Gasteiger partial charge in [-0.25, -0.2) is 0 Å². The van der Waals surface area contributed by atoms with Crippen LogP contribution in [0.5, 0.6) is 0 Å². The van der Waals surface area contributed by atoms with Crippen LogP contribution in [0, 0.1) is 0 Å². The topological polar surface area (TPSA) is 89.8 Å². The van der Waals surface area contributed by atoms with Crippen molar-refractivity contribution in [2.24, 2.45) is 0 Å². The summed E-state index contributed by atoms with van der Waals surface area (Å²) >= 11 is 0. The van der Waals surface area contributed by atoms with Crippen LogP contribution in [-0.4, -0.2) is 46.1 Å². The van der Waals surface area contributed by atoms with Crippen LogP contribution in [0.2, 0.25) is 0 Å². The molecule has 5 nitrogen and oxygen atoms in total. The molecule has 0 fully saturated rings. The van der Waals surface area contributed by atoms with Crippen LogP contribution in [0.3, 0.4) is 0 Å². The van der Waals surface area contributed by atoms with Crippen molar-refractivity contribution in [1.29, 1.82) is 0 Å². The average Bonchev–Trinajstić information content (AvgIpc) is 3.19. The lowest BCUT2D eigenvalue weighted by molar-refractivity contribution is -0.124. The highest BCUT2D eigenvalue weighted by Gasteiger charge is 2.26. The lowest BCUT2D eigenvalue weighted by Gasteiger charge is -2.26. The molecule has 0 aliphatic heterocycles. The number of aliphatic hydroxyl groups is 3. The van der Waals surface area contributed by atoms with E-state index in [2.05, 4.69) is 43.5 Å². The highest BCUT2D eigenvalue weighted by Crippen LogP contribution is 2.16. The highest BCUT2D eigenvalue weighted by molar-refractivity contribution is 5.76. The first-order valence-electron chi connectivity index (χ1n) is 24.6. The molecule has 55 heavy (non-hydrogen) atoms. The quantitative estimate of drug-likeness (QED) is 0.0366. The van der Waals surface area contributed by atoms with E-state index in [-0.39, 0.29) is 12.5 Å². The van der Waals surface area contributed by atoms with E-state index in [1.807, 2.05) is 0 Å². The van der Waals surface area contributed by atoms with Crippen LogP contribution < -0.4 is 5.32 Å². The van der Waals surface area contributed by atoms with Crippen molar-refractivity contribution < 1.29 is 20.1 Å². The Balaban J connectivity index is 3.62. The van der Waals surface area contributed by atoms with Crippen LogP contribution >= 0.6 is 0 Å². The molecule has 1 amide bonds. The molecule has 0 spiro atoms. The Bertz CT molecular complexity index is 814. The number of hydrogen-bond donors (Lipinski definition) is 4. The summed E-state index contributed by atoms with van der Waals surface area (Å²) in [6, 6.07) is -0.827. The molecule has 5 heteroatoms. The zero-order valence-electron chi connectivity index (χ0n) is 37.1. The smallest absolute Gasteiger partial charge is 0.220 e. The Morgan fingerprint density at radius 3 is 1.05 bits per heavy atom. The van der Waals surface area contributed by atoms with E-state index in [0.29, 0.717) is 12.8 Å². The number of amides is 1. The summed E-state index contributed by atoms with van der Waals surface area (Å²) in [6.07, 6.45) is 55.9. The van der Waals surface area contributed by atoms with E-state index in [1.54, 1.807) is 0 Å². The van der Waals surface area contributed by atoms with E-state index >= 15 is 0 Å². The summed E-state index contributed by atoms with van der Waals surface area (Å²) < 4.78 is 0. The molecule has 3 atom stereocenters. The lowest BCUT2D eigenvalue weighted by Crippen LogP contribution is -2.50. The molecule has 0 heterocycles. The molecular formula is C50H97NO4. The predicted molar refractivity (Wildman–Crippen MR) is 241 cm³/mol. The average molecular weight is 776 g/mol. The van der Waals surface area contributed by atoms with Crippen molar-refractivity contribution >= 4 is 5.91 Å². The van der Waals surface area contributed by atoms with Gasteiger partial charge in [-0.05, 0) is 64.2 Å². The van der Waals surface area contributed by atoms with Crippen molar-refractivity contribution in [2.75, 3.05) is 6.61 Å². The minimum atomic E-state index is -1.16. The summed E-state index contributed by atoms with van der Waals surface area (Å²) in [4.78, 5) is 12.5. The number of aliphatic hydroxyl groups excluding tert-OH is 3. The molecule has 0 aromatic carbocycles. The fourth-order valence-corrected chi connectivity index (χ4v) is 7.69. The molecule has 0 aliphatic rings. The molecule has 0 saturated heterocycles. The van der Waals surface area contributed by atoms with E-state index < -0.39 is 18.2 Å². The fourth-order valence-electron chi connectivity index (χ4n) is 7.69. The van der Waals surface area contributed by atoms with Crippen LogP contribution in [0.15, 0.2) is 24.3 Å². The second kappa shape index (κ2) is 45.5. The first-order chi connectivity index (χ1) is 27.1. The molecule has 4 N–H and O–H groups in total. The maximum atomic E-state index is 12.5. The van der Waals surface area contributed by atoms with E-state index in [0.717, 1.165) is 38.5 Å². The molecule has 0 aliphatic carbocycles. The number of unbranched alkanes of at least 4 members (excludes halogenated alkanes) is 33. The third kappa shape index (κ3) is 40.8. The molecule has 0 aromatic heterocycles. The minimum Gasteiger partial charge on any atom is -0.394 e. The van der Waals surface area contributed by atoms with Crippen molar-refractivity contribution in [2.45, 2.75) is 283 Å². The Morgan fingerprint density at radius 1 is 0.436 bits per heavy atom. The van der Waals surface area contributed by atoms with Gasteiger partial charge >= 0.3 is 0 Å². The lowest BCUT2D eigenvalue weighted by atomic mass is 10.0. The molecule has 0 bridgehead atoms. The maximum absolute atomic E-state index is 12.5. The highest BCUT2D eigenvalue weighted by atomic mass is 16.3. The number of allylic oxidation sites excluding steroid dienone is 4. The summed E-state index contributed by atoms with van der Waals surface area (Å²) in [5.74, 6) is -0.156. The Hall–Kier alpha value is -1.17. The predicted octanol–water partition coefficient (Wildman–Crippen LogP) is 14.6. The van der Waals surface area contributed by atoms with E-state index in [1.165, 1.54) is 199 Å². The van der Waals surface area contributed by atoms with Gasteiger partial charge in [0.05, 0.1) is 18.8 Å². The van der Waals surface area contributed by atoms with Gasteiger partial charge in [-0.3, -0.25) is 4.79 Å². The Labute approximate surface area is 343 Å². The largest absolute Gasteiger partial charge is 0.394 e. The van der Waals surface area contributed by atoms with Crippen LogP contribution in [0.4, 0.5) is 0 Å². The number of carbonyl (C=O) groups excluding carboxylic acids is 1. The molecule has 0 saturated carbocycles. The zero-order valence-corrected chi connectivity index (χ0v) is 37.1. The van der Waals surface area contributed by atoms with Gasteiger partial charge in [0.1, 0.15) is 6.10 Å². The monoisotopic (exact) mass is 776 g/mol. The van der Waals surface area contributed by atoms with E-state index in [4.69, 9.17) is 0 Å². The number of carbonyl (C=O) groups is 1. The van der Waals surface area contributed by atoms with Gasteiger partial charge in [-0.1, -0.05) is 218 Å². The van der Waals surface area contributed by atoms with Crippen molar-refractivity contribution in [3.05, 3.63) is 24.3 Å². The molecule has 0 rings (SSSR count). The number of rotatable bonds is 45. The van der Waals surface area contributed by atoms with Crippen molar-refractivity contribution in [3.63, 3.8) is 0 Å². The summed E-state index contributed by atoms with van der Waals surface area (Å²) in [5, 5.41) is 33.6. The summed E-state index contributed by atoms with van der Waals surface area (Å²) in [6.45, 7) is 4.19. The molecular weight excluding hydrogens is 679 g/mol. The van der Waals surface area contributed by atoms with Crippen molar-refractivity contribution in [1.82, 2.24) is 5.32 Å². The zero-order chi connectivity index (χ0) is 40.1. The second-order valence-corrected chi connectivity index (χ2v) is 17.0. The number of hydrogen-bond acceptors (Lipinski definition) is 4. The molecule has 326 valence electrons. The van der Waals surface area contributed by atoms with Gasteiger partial charge in [-0.2, -0.15) is 0 Å². The third-order valence-corrected chi connectivity index (χ3v) is 11.5. The van der Waals surface area contributed by atoms with Gasteiger partial charge < -0.3 is 20.6 Å². The molecule has 3 unspecified atom stereocenters. The van der Waals surface area contributed by atoms with Gasteiger partial charge in [0, 0.05) is 6.42 Å². The normalized spacial score (nSPS) is 13.6. The first-order valence-corrected chi connectivity index (χ1v) is 24.6. The molecule has 0 radical (unpaired) electrons. The SMILES string of the molecule is CCCCCCCCCCCCC/C=C\CCCCCCCCCC(=O)NC(CO)C(O)C(O)CCC/C=C/CCCCCCCCCCCCCCCC. The third-order valence-electron chi connectivity index (χ3n) is 11.5. The molecule has 0 aromatic rings.